The highest BCUT2D eigenvalue weighted by Gasteiger charge is 2.45. The first-order valence-electron chi connectivity index (χ1n) is 6.36. The molecule has 0 saturated heterocycles. The smallest absolute Gasteiger partial charge is 0.403 e. The van der Waals surface area contributed by atoms with E-state index in [1.807, 2.05) is 6.26 Å². The SMILES string of the molecule is CSC1(CNCC(C(=O)O)C(F)(F)F)CCCCC1. The van der Waals surface area contributed by atoms with Crippen LogP contribution in [0.3, 0.4) is 0 Å². The second-order valence-electron chi connectivity index (χ2n) is 5.01. The van der Waals surface area contributed by atoms with Crippen molar-refractivity contribution >= 4 is 17.7 Å². The fourth-order valence-corrected chi connectivity index (χ4v) is 3.38. The van der Waals surface area contributed by atoms with Gasteiger partial charge in [-0.3, -0.25) is 4.79 Å². The van der Waals surface area contributed by atoms with Crippen molar-refractivity contribution in [3.05, 3.63) is 0 Å². The summed E-state index contributed by atoms with van der Waals surface area (Å²) in [7, 11) is 0. The lowest BCUT2D eigenvalue weighted by Crippen LogP contribution is -2.45. The van der Waals surface area contributed by atoms with Crippen LogP contribution in [-0.2, 0) is 4.79 Å². The summed E-state index contributed by atoms with van der Waals surface area (Å²) in [5.74, 6) is -4.14. The largest absolute Gasteiger partial charge is 0.481 e. The number of hydrogen-bond acceptors (Lipinski definition) is 3. The molecule has 0 radical (unpaired) electrons. The van der Waals surface area contributed by atoms with Crippen molar-refractivity contribution in [1.29, 1.82) is 0 Å². The number of carboxylic acids is 1. The van der Waals surface area contributed by atoms with Gasteiger partial charge < -0.3 is 10.4 Å². The molecular weight excluding hydrogens is 279 g/mol. The average Bonchev–Trinajstić information content (AvgIpc) is 2.34. The van der Waals surface area contributed by atoms with Crippen molar-refractivity contribution in [3.63, 3.8) is 0 Å². The summed E-state index contributed by atoms with van der Waals surface area (Å²) in [4.78, 5) is 10.6. The molecule has 1 aliphatic carbocycles. The van der Waals surface area contributed by atoms with Gasteiger partial charge in [0.25, 0.3) is 0 Å². The lowest BCUT2D eigenvalue weighted by atomic mass is 9.88. The van der Waals surface area contributed by atoms with E-state index in [1.165, 1.54) is 6.42 Å². The van der Waals surface area contributed by atoms with Crippen molar-refractivity contribution in [1.82, 2.24) is 5.32 Å². The molecule has 0 aromatic carbocycles. The van der Waals surface area contributed by atoms with Crippen LogP contribution in [0, 0.1) is 5.92 Å². The fraction of sp³-hybridized carbons (Fsp3) is 0.917. The summed E-state index contributed by atoms with van der Waals surface area (Å²) in [6.07, 6.45) is 2.57. The van der Waals surface area contributed by atoms with Crippen LogP contribution in [-0.4, -0.2) is 41.3 Å². The minimum absolute atomic E-state index is 0.0348. The molecule has 3 nitrogen and oxygen atoms in total. The van der Waals surface area contributed by atoms with Gasteiger partial charge in [0, 0.05) is 17.8 Å². The normalized spacial score (nSPS) is 21.1. The molecule has 112 valence electrons. The summed E-state index contributed by atoms with van der Waals surface area (Å²) in [5.41, 5.74) is 0. The number of carboxylic acid groups (broad SMARTS) is 1. The highest BCUT2D eigenvalue weighted by molar-refractivity contribution is 8.00. The van der Waals surface area contributed by atoms with E-state index < -0.39 is 24.6 Å². The average molecular weight is 299 g/mol. The Kier molecular flexibility index (Phi) is 5.98. The molecule has 1 fully saturated rings. The standard InChI is InChI=1S/C12H20F3NO2S/c1-19-11(5-3-2-4-6-11)8-16-7-9(10(17)18)12(13,14)15/h9,16H,2-8H2,1H3,(H,17,18). The van der Waals surface area contributed by atoms with Crippen LogP contribution in [0.25, 0.3) is 0 Å². The first kappa shape index (κ1) is 16.6. The van der Waals surface area contributed by atoms with Crippen LogP contribution in [0.2, 0.25) is 0 Å². The predicted octanol–water partition coefficient (Wildman–Crippen LogP) is 2.91. The van der Waals surface area contributed by atoms with Crippen molar-refractivity contribution in [2.24, 2.45) is 5.92 Å². The van der Waals surface area contributed by atoms with Gasteiger partial charge in [0.15, 0.2) is 5.92 Å². The molecule has 1 atom stereocenters. The van der Waals surface area contributed by atoms with Crippen LogP contribution in [0.4, 0.5) is 13.2 Å². The summed E-state index contributed by atoms with van der Waals surface area (Å²) in [6, 6.07) is 0. The molecule has 0 bridgehead atoms. The third kappa shape index (κ3) is 4.87. The lowest BCUT2D eigenvalue weighted by molar-refractivity contribution is -0.192. The van der Waals surface area contributed by atoms with Crippen molar-refractivity contribution in [3.8, 4) is 0 Å². The molecule has 1 rings (SSSR count). The van der Waals surface area contributed by atoms with Gasteiger partial charge in [-0.1, -0.05) is 19.3 Å². The molecule has 0 heterocycles. The van der Waals surface area contributed by atoms with E-state index in [9.17, 15) is 18.0 Å². The maximum Gasteiger partial charge on any atom is 0.403 e. The van der Waals surface area contributed by atoms with Gasteiger partial charge in [0.2, 0.25) is 0 Å². The molecule has 1 aliphatic rings. The van der Waals surface area contributed by atoms with E-state index in [0.29, 0.717) is 6.54 Å². The zero-order valence-electron chi connectivity index (χ0n) is 10.9. The fourth-order valence-electron chi connectivity index (χ4n) is 2.44. The number of halogens is 3. The molecule has 0 aliphatic heterocycles. The molecule has 0 amide bonds. The van der Waals surface area contributed by atoms with Gasteiger partial charge in [-0.2, -0.15) is 24.9 Å². The Labute approximate surface area is 115 Å². The highest BCUT2D eigenvalue weighted by atomic mass is 32.2. The number of aliphatic carboxylic acids is 1. The minimum Gasteiger partial charge on any atom is -0.481 e. The summed E-state index contributed by atoms with van der Waals surface area (Å²) in [5, 5.41) is 11.3. The number of nitrogens with one attached hydrogen (secondary N) is 1. The zero-order chi connectivity index (χ0) is 14.5. The molecule has 7 heteroatoms. The van der Waals surface area contributed by atoms with Crippen molar-refractivity contribution in [2.45, 2.75) is 43.0 Å². The van der Waals surface area contributed by atoms with E-state index in [-0.39, 0.29) is 4.75 Å². The Morgan fingerprint density at radius 2 is 1.95 bits per heavy atom. The summed E-state index contributed by atoms with van der Waals surface area (Å²) in [6.45, 7) is -0.116. The van der Waals surface area contributed by atoms with Crippen LogP contribution in [0.15, 0.2) is 0 Å². The van der Waals surface area contributed by atoms with Gasteiger partial charge in [0.05, 0.1) is 0 Å². The van der Waals surface area contributed by atoms with E-state index >= 15 is 0 Å². The van der Waals surface area contributed by atoms with Crippen molar-refractivity contribution in [2.75, 3.05) is 19.3 Å². The number of thioether (sulfide) groups is 1. The van der Waals surface area contributed by atoms with E-state index in [4.69, 9.17) is 5.11 Å². The van der Waals surface area contributed by atoms with Gasteiger partial charge in [-0.05, 0) is 19.1 Å². The third-order valence-corrected chi connectivity index (χ3v) is 5.11. The van der Waals surface area contributed by atoms with Gasteiger partial charge >= 0.3 is 12.1 Å². The molecule has 0 aromatic heterocycles. The first-order chi connectivity index (χ1) is 8.81. The Balaban J connectivity index is 2.49. The summed E-state index contributed by atoms with van der Waals surface area (Å²) >= 11 is 1.67. The number of alkyl halides is 3. The van der Waals surface area contributed by atoms with Crippen LogP contribution >= 0.6 is 11.8 Å². The lowest BCUT2D eigenvalue weighted by Gasteiger charge is -2.36. The Morgan fingerprint density at radius 1 is 1.37 bits per heavy atom. The second-order valence-corrected chi connectivity index (χ2v) is 6.29. The van der Waals surface area contributed by atoms with Crippen LogP contribution < -0.4 is 5.32 Å². The maximum atomic E-state index is 12.5. The third-order valence-electron chi connectivity index (χ3n) is 3.69. The van der Waals surface area contributed by atoms with E-state index in [0.717, 1.165) is 25.7 Å². The van der Waals surface area contributed by atoms with Gasteiger partial charge in [0.1, 0.15) is 0 Å². The van der Waals surface area contributed by atoms with Crippen LogP contribution in [0.1, 0.15) is 32.1 Å². The first-order valence-corrected chi connectivity index (χ1v) is 7.59. The Bertz CT molecular complexity index is 304. The topological polar surface area (TPSA) is 49.3 Å². The van der Waals surface area contributed by atoms with Crippen molar-refractivity contribution < 1.29 is 23.1 Å². The zero-order valence-corrected chi connectivity index (χ0v) is 11.7. The highest BCUT2D eigenvalue weighted by Crippen LogP contribution is 2.38. The predicted molar refractivity (Wildman–Crippen MR) is 69.4 cm³/mol. The van der Waals surface area contributed by atoms with E-state index in [1.54, 1.807) is 11.8 Å². The Morgan fingerprint density at radius 3 is 2.37 bits per heavy atom. The minimum atomic E-state index is -4.70. The van der Waals surface area contributed by atoms with E-state index in [2.05, 4.69) is 5.32 Å². The molecule has 0 aromatic rings. The van der Waals surface area contributed by atoms with Gasteiger partial charge in [-0.25, -0.2) is 0 Å². The molecular formula is C12H20F3NO2S. The Hall–Kier alpha value is -0.430. The number of carbonyl (C=O) groups is 1. The molecule has 2 N–H and O–H groups in total. The monoisotopic (exact) mass is 299 g/mol. The molecule has 19 heavy (non-hydrogen) atoms. The summed E-state index contributed by atoms with van der Waals surface area (Å²) < 4.78 is 37.4. The second kappa shape index (κ2) is 6.83. The maximum absolute atomic E-state index is 12.5. The molecule has 1 unspecified atom stereocenters. The number of rotatable bonds is 6. The molecule has 0 spiro atoms. The molecule has 1 saturated carbocycles. The number of hydrogen-bond donors (Lipinski definition) is 2. The van der Waals surface area contributed by atoms with Gasteiger partial charge in [-0.15, -0.1) is 0 Å². The quantitative estimate of drug-likeness (QED) is 0.792. The van der Waals surface area contributed by atoms with Crippen LogP contribution in [0.5, 0.6) is 0 Å².